The highest BCUT2D eigenvalue weighted by atomic mass is 31.2. The fourth-order valence-electron chi connectivity index (χ4n) is 2.12. The summed E-state index contributed by atoms with van der Waals surface area (Å²) >= 11 is 0. The predicted octanol–water partition coefficient (Wildman–Crippen LogP) is 4.40. The van der Waals surface area contributed by atoms with Crippen molar-refractivity contribution in [2.24, 2.45) is 0 Å². The second kappa shape index (κ2) is 7.93. The van der Waals surface area contributed by atoms with Crippen LogP contribution in [0.25, 0.3) is 0 Å². The van der Waals surface area contributed by atoms with Crippen molar-refractivity contribution in [3.05, 3.63) is 30.3 Å². The van der Waals surface area contributed by atoms with E-state index in [1.54, 1.807) is 0 Å². The Labute approximate surface area is 109 Å². The summed E-state index contributed by atoms with van der Waals surface area (Å²) in [5.41, 5.74) is 0. The van der Waals surface area contributed by atoms with Gasteiger partial charge in [-0.25, -0.2) is 0 Å². The lowest BCUT2D eigenvalue weighted by atomic mass is 10.1. The molecule has 0 heterocycles. The van der Waals surface area contributed by atoms with Crippen molar-refractivity contribution in [1.82, 2.24) is 0 Å². The van der Waals surface area contributed by atoms with Gasteiger partial charge in [0.1, 0.15) is 0 Å². The van der Waals surface area contributed by atoms with Gasteiger partial charge in [-0.1, -0.05) is 50.8 Å². The molecule has 1 aromatic carbocycles. The number of hydrogen-bond acceptors (Lipinski definition) is 0. The number of hydrogen-bond donors (Lipinski definition) is 0. The van der Waals surface area contributed by atoms with Crippen LogP contribution in [0.4, 0.5) is 0 Å². The molecule has 0 N–H and O–H groups in total. The maximum absolute atomic E-state index is 6.49. The highest BCUT2D eigenvalue weighted by Crippen LogP contribution is 2.49. The molecule has 0 aromatic heterocycles. The summed E-state index contributed by atoms with van der Waals surface area (Å²) in [5, 5.41) is 1.37. The summed E-state index contributed by atoms with van der Waals surface area (Å²) < 4.78 is 0. The topological polar surface area (TPSA) is 0 Å². The Hall–Kier alpha value is -0.285. The number of rotatable bonds is 8. The van der Waals surface area contributed by atoms with Crippen LogP contribution in [0.3, 0.4) is 0 Å². The average molecular weight is 247 g/mol. The molecule has 17 heavy (non-hydrogen) atoms. The van der Waals surface area contributed by atoms with Crippen molar-refractivity contribution < 1.29 is 0 Å². The Bertz CT molecular complexity index is 295. The summed E-state index contributed by atoms with van der Waals surface area (Å²) in [5.74, 6) is 0. The molecule has 92 valence electrons. The van der Waals surface area contributed by atoms with Crippen LogP contribution in [-0.4, -0.2) is 20.4 Å². The lowest BCUT2D eigenvalue weighted by Crippen LogP contribution is -2.12. The number of benzene rings is 1. The molecule has 0 nitrogen and oxygen atoms in total. The molecule has 0 spiro atoms. The van der Waals surface area contributed by atoms with Crippen LogP contribution in [0.1, 0.15) is 45.4 Å². The van der Waals surface area contributed by atoms with Crippen LogP contribution in [-0.2, 0) is 0 Å². The minimum absolute atomic E-state index is 1.20. The van der Waals surface area contributed by atoms with E-state index in [2.05, 4.69) is 43.9 Å². The van der Waals surface area contributed by atoms with Crippen molar-refractivity contribution >= 4 is 20.0 Å². The van der Waals surface area contributed by atoms with E-state index in [0.717, 1.165) is 0 Å². The van der Waals surface area contributed by atoms with E-state index >= 15 is 0 Å². The third kappa shape index (κ3) is 5.73. The number of unbranched alkanes of at least 4 members (excludes halogenated alkanes) is 5. The first-order valence-electron chi connectivity index (χ1n) is 6.86. The highest BCUT2D eigenvalue weighted by Gasteiger charge is 2.27. The SMILES string of the molecule is [B][P+](C)(CCCCCCCC)c1ccccc1. The third-order valence-corrected chi connectivity index (χ3v) is 6.05. The van der Waals surface area contributed by atoms with Gasteiger partial charge in [0.25, 0.3) is 0 Å². The van der Waals surface area contributed by atoms with Gasteiger partial charge in [-0.05, 0) is 32.1 Å². The summed E-state index contributed by atoms with van der Waals surface area (Å²) in [6, 6.07) is 10.6. The molecular formula is C15H25BP+. The zero-order valence-electron chi connectivity index (χ0n) is 11.4. The van der Waals surface area contributed by atoms with Crippen LogP contribution in [0.2, 0.25) is 0 Å². The van der Waals surface area contributed by atoms with Gasteiger partial charge >= 0.3 is 7.57 Å². The molecule has 0 aliphatic heterocycles. The van der Waals surface area contributed by atoms with E-state index in [1.165, 1.54) is 50.0 Å². The van der Waals surface area contributed by atoms with Crippen LogP contribution < -0.4 is 5.30 Å². The maximum atomic E-state index is 6.49. The first-order valence-corrected chi connectivity index (χ1v) is 9.35. The van der Waals surface area contributed by atoms with Gasteiger partial charge in [-0.2, -0.15) is 0 Å². The average Bonchev–Trinajstić information content (AvgIpc) is 2.35. The minimum Gasteiger partial charge on any atom is -0.0654 e. The molecule has 1 aromatic rings. The van der Waals surface area contributed by atoms with Crippen LogP contribution >= 0.6 is 7.14 Å². The molecule has 0 bridgehead atoms. The van der Waals surface area contributed by atoms with E-state index in [1.807, 2.05) is 0 Å². The van der Waals surface area contributed by atoms with Crippen molar-refractivity contribution in [3.8, 4) is 0 Å². The van der Waals surface area contributed by atoms with E-state index in [0.29, 0.717) is 0 Å². The molecule has 2 radical (unpaired) electrons. The van der Waals surface area contributed by atoms with Gasteiger partial charge in [0.05, 0.1) is 5.30 Å². The summed E-state index contributed by atoms with van der Waals surface area (Å²) in [4.78, 5) is 0. The van der Waals surface area contributed by atoms with Gasteiger partial charge in [-0.3, -0.25) is 0 Å². The summed E-state index contributed by atoms with van der Waals surface area (Å²) in [6.07, 6.45) is 9.31. The Morgan fingerprint density at radius 3 is 2.18 bits per heavy atom. The zero-order valence-corrected chi connectivity index (χ0v) is 12.3. The largest absolute Gasteiger partial charge is 0.370 e. The molecule has 0 saturated heterocycles. The second-order valence-corrected chi connectivity index (χ2v) is 8.59. The third-order valence-electron chi connectivity index (χ3n) is 3.32. The molecular weight excluding hydrogens is 222 g/mol. The van der Waals surface area contributed by atoms with Crippen molar-refractivity contribution in [1.29, 1.82) is 0 Å². The lowest BCUT2D eigenvalue weighted by Gasteiger charge is -2.18. The van der Waals surface area contributed by atoms with E-state index in [-0.39, 0.29) is 0 Å². The predicted molar refractivity (Wildman–Crippen MR) is 82.9 cm³/mol. The van der Waals surface area contributed by atoms with Crippen molar-refractivity contribution in [2.75, 3.05) is 12.8 Å². The molecule has 0 aliphatic rings. The van der Waals surface area contributed by atoms with Crippen LogP contribution in [0.5, 0.6) is 0 Å². The van der Waals surface area contributed by atoms with E-state index in [9.17, 15) is 0 Å². The Balaban J connectivity index is 2.26. The fraction of sp³-hybridized carbons (Fsp3) is 0.600. The fourth-order valence-corrected chi connectivity index (χ4v) is 4.11. The first kappa shape index (κ1) is 14.8. The standard InChI is InChI=1S/C15H25BP/c1-3-4-5-6-7-11-14-17(2,16)15-12-9-8-10-13-15/h8-10,12-13H,3-7,11,14H2,1-2H3/q+1. The Morgan fingerprint density at radius 2 is 1.53 bits per heavy atom. The Morgan fingerprint density at radius 1 is 0.941 bits per heavy atom. The van der Waals surface area contributed by atoms with Gasteiger partial charge < -0.3 is 0 Å². The van der Waals surface area contributed by atoms with Gasteiger partial charge in [-0.15, -0.1) is 0 Å². The molecule has 1 atom stereocenters. The van der Waals surface area contributed by atoms with Gasteiger partial charge in [0.15, 0.2) is 0 Å². The van der Waals surface area contributed by atoms with Gasteiger partial charge in [0, 0.05) is 12.8 Å². The first-order chi connectivity index (χ1) is 8.17. The van der Waals surface area contributed by atoms with Crippen molar-refractivity contribution in [2.45, 2.75) is 45.4 Å². The molecule has 0 amide bonds. The van der Waals surface area contributed by atoms with Crippen LogP contribution in [0.15, 0.2) is 30.3 Å². The molecule has 0 aliphatic carbocycles. The van der Waals surface area contributed by atoms with Crippen molar-refractivity contribution in [3.63, 3.8) is 0 Å². The Kier molecular flexibility index (Phi) is 6.89. The van der Waals surface area contributed by atoms with E-state index in [4.69, 9.17) is 7.57 Å². The zero-order chi connectivity index (χ0) is 12.6. The maximum Gasteiger partial charge on any atom is 0.370 e. The molecule has 2 heteroatoms. The van der Waals surface area contributed by atoms with Gasteiger partial charge in [0.2, 0.25) is 0 Å². The smallest absolute Gasteiger partial charge is 0.0654 e. The minimum atomic E-state index is -1.35. The summed E-state index contributed by atoms with van der Waals surface area (Å²) in [6.45, 7) is 4.52. The summed E-state index contributed by atoms with van der Waals surface area (Å²) in [7, 11) is 5.14. The second-order valence-electron chi connectivity index (χ2n) is 5.09. The molecule has 0 fully saturated rings. The highest BCUT2D eigenvalue weighted by molar-refractivity contribution is 8.02. The molecule has 1 rings (SSSR count). The van der Waals surface area contributed by atoms with Crippen LogP contribution in [0, 0.1) is 0 Å². The molecule has 1 unspecified atom stereocenters. The lowest BCUT2D eigenvalue weighted by molar-refractivity contribution is 0.626. The molecule has 0 saturated carbocycles. The monoisotopic (exact) mass is 247 g/mol. The quantitative estimate of drug-likeness (QED) is 0.363. The van der Waals surface area contributed by atoms with E-state index < -0.39 is 7.14 Å². The normalized spacial score (nSPS) is 14.5.